The summed E-state index contributed by atoms with van der Waals surface area (Å²) < 4.78 is 3.10. The first-order valence-electron chi connectivity index (χ1n) is 5.58. The van der Waals surface area contributed by atoms with E-state index >= 15 is 0 Å². The average molecular weight is 272 g/mol. The van der Waals surface area contributed by atoms with Crippen molar-refractivity contribution in [2.24, 2.45) is 13.0 Å². The van der Waals surface area contributed by atoms with Crippen LogP contribution in [0.3, 0.4) is 0 Å². The summed E-state index contributed by atoms with van der Waals surface area (Å²) >= 11 is 3.58. The van der Waals surface area contributed by atoms with Gasteiger partial charge in [-0.05, 0) is 41.7 Å². The Morgan fingerprint density at radius 2 is 2.20 bits per heavy atom. The van der Waals surface area contributed by atoms with E-state index < -0.39 is 0 Å². The SMILES string of the molecule is CNC(c1c(Br)cnn1C)C1CCCC1. The first-order valence-corrected chi connectivity index (χ1v) is 6.38. The van der Waals surface area contributed by atoms with E-state index in [-0.39, 0.29) is 0 Å². The van der Waals surface area contributed by atoms with Crippen molar-refractivity contribution in [3.05, 3.63) is 16.4 Å². The second-order valence-corrected chi connectivity index (χ2v) is 5.17. The van der Waals surface area contributed by atoms with Crippen LogP contribution in [0.15, 0.2) is 10.7 Å². The van der Waals surface area contributed by atoms with Crippen LogP contribution in [0.5, 0.6) is 0 Å². The first kappa shape index (κ1) is 11.1. The Morgan fingerprint density at radius 1 is 1.53 bits per heavy atom. The molecule has 15 heavy (non-hydrogen) atoms. The number of hydrogen-bond donors (Lipinski definition) is 1. The zero-order valence-electron chi connectivity index (χ0n) is 9.33. The second kappa shape index (κ2) is 4.66. The maximum absolute atomic E-state index is 4.29. The van der Waals surface area contributed by atoms with Crippen LogP contribution >= 0.6 is 15.9 Å². The zero-order chi connectivity index (χ0) is 10.8. The fourth-order valence-electron chi connectivity index (χ4n) is 2.66. The van der Waals surface area contributed by atoms with E-state index in [0.29, 0.717) is 6.04 Å². The standard InChI is InChI=1S/C11H18BrN3/c1-13-10(8-5-3-4-6-8)11-9(12)7-14-15(11)2/h7-8,10,13H,3-6H2,1-2H3. The Kier molecular flexibility index (Phi) is 3.46. The number of aromatic nitrogens is 2. The van der Waals surface area contributed by atoms with Gasteiger partial charge in [-0.25, -0.2) is 0 Å². The molecule has 1 fully saturated rings. The molecule has 1 aromatic rings. The molecule has 1 N–H and O–H groups in total. The molecule has 0 bridgehead atoms. The summed E-state index contributed by atoms with van der Waals surface area (Å²) in [6, 6.07) is 0.439. The molecule has 0 radical (unpaired) electrons. The van der Waals surface area contributed by atoms with E-state index in [4.69, 9.17) is 0 Å². The van der Waals surface area contributed by atoms with Crippen LogP contribution in [0.25, 0.3) is 0 Å². The number of halogens is 1. The van der Waals surface area contributed by atoms with Gasteiger partial charge in [0.1, 0.15) is 0 Å². The van der Waals surface area contributed by atoms with Crippen molar-refractivity contribution >= 4 is 15.9 Å². The topological polar surface area (TPSA) is 29.9 Å². The smallest absolute Gasteiger partial charge is 0.0695 e. The van der Waals surface area contributed by atoms with E-state index in [0.717, 1.165) is 10.4 Å². The van der Waals surface area contributed by atoms with Gasteiger partial charge in [-0.1, -0.05) is 12.8 Å². The summed E-state index contributed by atoms with van der Waals surface area (Å²) in [6.45, 7) is 0. The molecule has 2 rings (SSSR count). The van der Waals surface area contributed by atoms with Crippen LogP contribution in [-0.2, 0) is 7.05 Å². The molecule has 0 amide bonds. The summed E-state index contributed by atoms with van der Waals surface area (Å²) in [6.07, 6.45) is 7.30. The molecule has 84 valence electrons. The van der Waals surface area contributed by atoms with E-state index in [1.807, 2.05) is 25.0 Å². The van der Waals surface area contributed by atoms with E-state index in [2.05, 4.69) is 26.3 Å². The molecule has 1 heterocycles. The monoisotopic (exact) mass is 271 g/mol. The summed E-state index contributed by atoms with van der Waals surface area (Å²) in [5.74, 6) is 0.765. The minimum Gasteiger partial charge on any atom is -0.311 e. The largest absolute Gasteiger partial charge is 0.311 e. The third-order valence-electron chi connectivity index (χ3n) is 3.41. The van der Waals surface area contributed by atoms with Crippen molar-refractivity contribution in [2.45, 2.75) is 31.7 Å². The summed E-state index contributed by atoms with van der Waals surface area (Å²) in [5, 5.41) is 7.72. The van der Waals surface area contributed by atoms with Crippen LogP contribution in [0.1, 0.15) is 37.4 Å². The minimum absolute atomic E-state index is 0.439. The first-order chi connectivity index (χ1) is 7.24. The highest BCUT2D eigenvalue weighted by atomic mass is 79.9. The normalized spacial score (nSPS) is 19.7. The molecular formula is C11H18BrN3. The van der Waals surface area contributed by atoms with Gasteiger partial charge in [0, 0.05) is 7.05 Å². The van der Waals surface area contributed by atoms with Gasteiger partial charge in [0.25, 0.3) is 0 Å². The van der Waals surface area contributed by atoms with E-state index in [9.17, 15) is 0 Å². The van der Waals surface area contributed by atoms with Gasteiger partial charge in [0.05, 0.1) is 22.4 Å². The second-order valence-electron chi connectivity index (χ2n) is 4.31. The predicted octanol–water partition coefficient (Wildman–Crippen LogP) is 2.63. The quantitative estimate of drug-likeness (QED) is 0.916. The van der Waals surface area contributed by atoms with Crippen molar-refractivity contribution in [3.63, 3.8) is 0 Å². The van der Waals surface area contributed by atoms with Crippen molar-refractivity contribution in [2.75, 3.05) is 7.05 Å². The molecule has 1 saturated carbocycles. The van der Waals surface area contributed by atoms with Gasteiger partial charge in [-0.3, -0.25) is 4.68 Å². The highest BCUT2D eigenvalue weighted by Gasteiger charge is 2.28. The van der Waals surface area contributed by atoms with Gasteiger partial charge < -0.3 is 5.32 Å². The van der Waals surface area contributed by atoms with Gasteiger partial charge >= 0.3 is 0 Å². The molecule has 1 unspecified atom stereocenters. The summed E-state index contributed by atoms with van der Waals surface area (Å²) in [5.41, 5.74) is 1.28. The van der Waals surface area contributed by atoms with Gasteiger partial charge in [-0.2, -0.15) is 5.10 Å². The maximum atomic E-state index is 4.29. The van der Waals surface area contributed by atoms with Crippen LogP contribution in [0, 0.1) is 5.92 Å². The molecule has 0 saturated heterocycles. The van der Waals surface area contributed by atoms with E-state index in [1.54, 1.807) is 0 Å². The molecule has 0 spiro atoms. The lowest BCUT2D eigenvalue weighted by atomic mass is 9.95. The molecule has 4 heteroatoms. The third-order valence-corrected chi connectivity index (χ3v) is 4.03. The molecule has 1 aliphatic rings. The number of hydrogen-bond acceptors (Lipinski definition) is 2. The fourth-order valence-corrected chi connectivity index (χ4v) is 3.25. The van der Waals surface area contributed by atoms with Crippen molar-refractivity contribution in [1.29, 1.82) is 0 Å². The van der Waals surface area contributed by atoms with Crippen molar-refractivity contribution in [3.8, 4) is 0 Å². The number of nitrogens with zero attached hydrogens (tertiary/aromatic N) is 2. The fraction of sp³-hybridized carbons (Fsp3) is 0.727. The number of nitrogens with one attached hydrogen (secondary N) is 1. The van der Waals surface area contributed by atoms with Crippen LogP contribution < -0.4 is 5.32 Å². The molecule has 3 nitrogen and oxygen atoms in total. The Hall–Kier alpha value is -0.350. The Labute approximate surface area is 99.4 Å². The Bertz CT molecular complexity index is 309. The molecule has 1 atom stereocenters. The van der Waals surface area contributed by atoms with Gasteiger partial charge in [0.2, 0.25) is 0 Å². The van der Waals surface area contributed by atoms with Crippen molar-refractivity contribution < 1.29 is 0 Å². The Morgan fingerprint density at radius 3 is 2.67 bits per heavy atom. The van der Waals surface area contributed by atoms with E-state index in [1.165, 1.54) is 31.4 Å². The summed E-state index contributed by atoms with van der Waals surface area (Å²) in [7, 11) is 4.06. The molecule has 1 aromatic heterocycles. The molecular weight excluding hydrogens is 254 g/mol. The lowest BCUT2D eigenvalue weighted by Crippen LogP contribution is -2.26. The minimum atomic E-state index is 0.439. The highest BCUT2D eigenvalue weighted by molar-refractivity contribution is 9.10. The predicted molar refractivity (Wildman–Crippen MR) is 64.7 cm³/mol. The lowest BCUT2D eigenvalue weighted by molar-refractivity contribution is 0.370. The lowest BCUT2D eigenvalue weighted by Gasteiger charge is -2.23. The zero-order valence-corrected chi connectivity index (χ0v) is 10.9. The van der Waals surface area contributed by atoms with Crippen LogP contribution in [-0.4, -0.2) is 16.8 Å². The highest BCUT2D eigenvalue weighted by Crippen LogP contribution is 2.37. The Balaban J connectivity index is 2.25. The molecule has 0 aromatic carbocycles. The number of aryl methyl sites for hydroxylation is 1. The van der Waals surface area contributed by atoms with Gasteiger partial charge in [0.15, 0.2) is 0 Å². The summed E-state index contributed by atoms with van der Waals surface area (Å²) in [4.78, 5) is 0. The van der Waals surface area contributed by atoms with Crippen LogP contribution in [0.2, 0.25) is 0 Å². The van der Waals surface area contributed by atoms with Crippen LogP contribution in [0.4, 0.5) is 0 Å². The van der Waals surface area contributed by atoms with Gasteiger partial charge in [-0.15, -0.1) is 0 Å². The molecule has 0 aliphatic heterocycles. The molecule has 1 aliphatic carbocycles. The maximum Gasteiger partial charge on any atom is 0.0695 e. The third kappa shape index (κ3) is 2.11. The number of rotatable bonds is 3. The average Bonchev–Trinajstić information content (AvgIpc) is 2.83. The van der Waals surface area contributed by atoms with Crippen molar-refractivity contribution in [1.82, 2.24) is 15.1 Å².